The zero-order valence-electron chi connectivity index (χ0n) is 16.4. The Morgan fingerprint density at radius 1 is 1.03 bits per heavy atom. The fourth-order valence-corrected chi connectivity index (χ4v) is 3.25. The van der Waals surface area contributed by atoms with Crippen molar-refractivity contribution in [2.45, 2.75) is 13.8 Å². The molecule has 5 nitrogen and oxygen atoms in total. The predicted octanol–water partition coefficient (Wildman–Crippen LogP) is 5.60. The standard InChI is InChI=1S/C23H18ClFN4O/c1-14-6-7-15(2)20(12-14)29-22(16-4-3-5-17(24)13-16)27-21(28-29)23(30)26-19-10-8-18(25)9-11-19/h3-13H,1-2H3,(H,26,30). The maximum atomic E-state index is 13.1. The van der Waals surface area contributed by atoms with Gasteiger partial charge >= 0.3 is 0 Å². The van der Waals surface area contributed by atoms with Crippen LogP contribution in [-0.2, 0) is 0 Å². The summed E-state index contributed by atoms with van der Waals surface area (Å²) in [7, 11) is 0. The second-order valence-electron chi connectivity index (χ2n) is 6.93. The molecule has 1 heterocycles. The van der Waals surface area contributed by atoms with Gasteiger partial charge in [-0.3, -0.25) is 4.79 Å². The van der Waals surface area contributed by atoms with E-state index < -0.39 is 5.91 Å². The molecule has 30 heavy (non-hydrogen) atoms. The number of amides is 1. The highest BCUT2D eigenvalue weighted by Gasteiger charge is 2.20. The van der Waals surface area contributed by atoms with Gasteiger partial charge in [-0.15, -0.1) is 5.10 Å². The van der Waals surface area contributed by atoms with Gasteiger partial charge in [0.2, 0.25) is 5.82 Å². The van der Waals surface area contributed by atoms with Gasteiger partial charge in [-0.05, 0) is 67.4 Å². The van der Waals surface area contributed by atoms with Crippen LogP contribution in [0.4, 0.5) is 10.1 Å². The van der Waals surface area contributed by atoms with E-state index in [4.69, 9.17) is 11.6 Å². The van der Waals surface area contributed by atoms with Crippen LogP contribution in [0.2, 0.25) is 5.02 Å². The molecule has 4 aromatic rings. The van der Waals surface area contributed by atoms with E-state index in [0.29, 0.717) is 16.5 Å². The lowest BCUT2D eigenvalue weighted by Crippen LogP contribution is -2.14. The van der Waals surface area contributed by atoms with Crippen molar-refractivity contribution >= 4 is 23.2 Å². The number of anilines is 1. The van der Waals surface area contributed by atoms with Gasteiger partial charge in [-0.2, -0.15) is 0 Å². The van der Waals surface area contributed by atoms with Crippen molar-refractivity contribution in [1.82, 2.24) is 14.8 Å². The lowest BCUT2D eigenvalue weighted by molar-refractivity contribution is 0.101. The van der Waals surface area contributed by atoms with Crippen LogP contribution in [0.1, 0.15) is 21.7 Å². The van der Waals surface area contributed by atoms with Crippen LogP contribution in [0.25, 0.3) is 17.1 Å². The van der Waals surface area contributed by atoms with E-state index in [1.165, 1.54) is 24.3 Å². The number of nitrogens with zero attached hydrogens (tertiary/aromatic N) is 3. The van der Waals surface area contributed by atoms with E-state index in [0.717, 1.165) is 22.4 Å². The number of carbonyl (C=O) groups excluding carboxylic acids is 1. The highest BCUT2D eigenvalue weighted by molar-refractivity contribution is 6.30. The number of aryl methyl sites for hydroxylation is 2. The second-order valence-corrected chi connectivity index (χ2v) is 7.37. The van der Waals surface area contributed by atoms with Crippen molar-refractivity contribution in [2.24, 2.45) is 0 Å². The number of nitrogens with one attached hydrogen (secondary N) is 1. The van der Waals surface area contributed by atoms with Gasteiger partial charge in [0.15, 0.2) is 5.82 Å². The van der Waals surface area contributed by atoms with Crippen molar-refractivity contribution < 1.29 is 9.18 Å². The van der Waals surface area contributed by atoms with Crippen molar-refractivity contribution in [3.05, 3.63) is 94.5 Å². The van der Waals surface area contributed by atoms with Gasteiger partial charge in [0.1, 0.15) is 5.82 Å². The van der Waals surface area contributed by atoms with Gasteiger partial charge in [0, 0.05) is 16.3 Å². The summed E-state index contributed by atoms with van der Waals surface area (Å²) < 4.78 is 14.8. The molecule has 3 aromatic carbocycles. The first kappa shape index (κ1) is 19.8. The third kappa shape index (κ3) is 4.09. The summed E-state index contributed by atoms with van der Waals surface area (Å²) in [4.78, 5) is 17.3. The molecule has 0 saturated carbocycles. The van der Waals surface area contributed by atoms with E-state index in [9.17, 15) is 9.18 Å². The number of hydrogen-bond acceptors (Lipinski definition) is 3. The second kappa shape index (κ2) is 8.08. The van der Waals surface area contributed by atoms with Crippen LogP contribution >= 0.6 is 11.6 Å². The highest BCUT2D eigenvalue weighted by Crippen LogP contribution is 2.26. The molecule has 7 heteroatoms. The lowest BCUT2D eigenvalue weighted by atomic mass is 10.1. The summed E-state index contributed by atoms with van der Waals surface area (Å²) in [5, 5.41) is 7.73. The molecule has 0 atom stereocenters. The molecule has 0 unspecified atom stereocenters. The molecular formula is C23H18ClFN4O. The minimum atomic E-state index is -0.492. The van der Waals surface area contributed by atoms with Crippen LogP contribution in [0, 0.1) is 19.7 Å². The van der Waals surface area contributed by atoms with Crippen LogP contribution in [0.3, 0.4) is 0 Å². The molecular weight excluding hydrogens is 403 g/mol. The molecule has 4 rings (SSSR count). The maximum absolute atomic E-state index is 13.1. The van der Waals surface area contributed by atoms with Crippen molar-refractivity contribution in [1.29, 1.82) is 0 Å². The minimum absolute atomic E-state index is 0.00444. The number of rotatable bonds is 4. The number of hydrogen-bond donors (Lipinski definition) is 1. The first-order valence-corrected chi connectivity index (χ1v) is 9.66. The fourth-order valence-electron chi connectivity index (χ4n) is 3.06. The van der Waals surface area contributed by atoms with E-state index >= 15 is 0 Å². The van der Waals surface area contributed by atoms with Gasteiger partial charge < -0.3 is 5.32 Å². The Balaban J connectivity index is 1.80. The van der Waals surface area contributed by atoms with Crippen molar-refractivity contribution in [3.8, 4) is 17.1 Å². The third-order valence-electron chi connectivity index (χ3n) is 4.59. The Labute approximate surface area is 178 Å². The number of aromatic nitrogens is 3. The van der Waals surface area contributed by atoms with Crippen LogP contribution in [0.5, 0.6) is 0 Å². The Morgan fingerprint density at radius 2 is 1.80 bits per heavy atom. The Hall–Kier alpha value is -3.51. The van der Waals surface area contributed by atoms with Crippen LogP contribution in [-0.4, -0.2) is 20.7 Å². The van der Waals surface area contributed by atoms with Crippen LogP contribution in [0.15, 0.2) is 66.7 Å². The largest absolute Gasteiger partial charge is 0.319 e. The molecule has 0 saturated heterocycles. The van der Waals surface area contributed by atoms with E-state index in [2.05, 4.69) is 15.4 Å². The molecule has 0 aliphatic heterocycles. The minimum Gasteiger partial charge on any atom is -0.319 e. The van der Waals surface area contributed by atoms with Gasteiger partial charge in [-0.1, -0.05) is 35.9 Å². The number of halogens is 2. The predicted molar refractivity (Wildman–Crippen MR) is 116 cm³/mol. The van der Waals surface area contributed by atoms with Crippen molar-refractivity contribution in [3.63, 3.8) is 0 Å². The monoisotopic (exact) mass is 420 g/mol. The van der Waals surface area contributed by atoms with Crippen LogP contribution < -0.4 is 5.32 Å². The molecule has 1 N–H and O–H groups in total. The Morgan fingerprint density at radius 3 is 2.53 bits per heavy atom. The first-order valence-electron chi connectivity index (χ1n) is 9.28. The number of benzene rings is 3. The Kier molecular flexibility index (Phi) is 5.33. The zero-order valence-corrected chi connectivity index (χ0v) is 17.1. The quantitative estimate of drug-likeness (QED) is 0.467. The summed E-state index contributed by atoms with van der Waals surface area (Å²) >= 11 is 6.17. The molecule has 1 aromatic heterocycles. The summed E-state index contributed by atoms with van der Waals surface area (Å²) in [6, 6.07) is 18.7. The van der Waals surface area contributed by atoms with E-state index in [-0.39, 0.29) is 11.6 Å². The lowest BCUT2D eigenvalue weighted by Gasteiger charge is -2.10. The summed E-state index contributed by atoms with van der Waals surface area (Å²) in [6.07, 6.45) is 0. The Bertz CT molecular complexity index is 1230. The van der Waals surface area contributed by atoms with Gasteiger partial charge in [0.05, 0.1) is 5.69 Å². The molecule has 150 valence electrons. The molecule has 0 radical (unpaired) electrons. The molecule has 1 amide bonds. The maximum Gasteiger partial charge on any atom is 0.295 e. The molecule has 0 aliphatic rings. The van der Waals surface area contributed by atoms with Gasteiger partial charge in [-0.25, -0.2) is 14.1 Å². The first-order chi connectivity index (χ1) is 14.4. The molecule has 0 bridgehead atoms. The summed E-state index contributed by atoms with van der Waals surface area (Å²) in [5.41, 5.74) is 4.04. The normalized spacial score (nSPS) is 10.8. The molecule has 0 aliphatic carbocycles. The smallest absolute Gasteiger partial charge is 0.295 e. The summed E-state index contributed by atoms with van der Waals surface area (Å²) in [6.45, 7) is 3.96. The zero-order chi connectivity index (χ0) is 21.3. The third-order valence-corrected chi connectivity index (χ3v) is 4.82. The van der Waals surface area contributed by atoms with E-state index in [1.807, 2.05) is 44.2 Å². The van der Waals surface area contributed by atoms with Gasteiger partial charge in [0.25, 0.3) is 5.91 Å². The molecule has 0 fully saturated rings. The SMILES string of the molecule is Cc1ccc(C)c(-n2nc(C(=O)Nc3ccc(F)cc3)nc2-c2cccc(Cl)c2)c1. The average Bonchev–Trinajstić information content (AvgIpc) is 3.17. The average molecular weight is 421 g/mol. The highest BCUT2D eigenvalue weighted by atomic mass is 35.5. The number of carbonyl (C=O) groups is 1. The van der Waals surface area contributed by atoms with Crippen molar-refractivity contribution in [2.75, 3.05) is 5.32 Å². The fraction of sp³-hybridized carbons (Fsp3) is 0.0870. The van der Waals surface area contributed by atoms with E-state index in [1.54, 1.807) is 16.8 Å². The summed E-state index contributed by atoms with van der Waals surface area (Å²) in [5.74, 6) is -0.381. The molecule has 0 spiro atoms. The topological polar surface area (TPSA) is 59.8 Å².